The zero-order valence-corrected chi connectivity index (χ0v) is 15.7. The first-order valence-electron chi connectivity index (χ1n) is 7.76. The van der Waals surface area contributed by atoms with Gasteiger partial charge in [-0.2, -0.15) is 0 Å². The Balaban J connectivity index is 3.11. The van der Waals surface area contributed by atoms with Crippen molar-refractivity contribution < 1.29 is 22.7 Å². The van der Waals surface area contributed by atoms with Crippen molar-refractivity contribution in [1.82, 2.24) is 0 Å². The van der Waals surface area contributed by atoms with E-state index in [0.717, 1.165) is 12.1 Å². The third-order valence-corrected chi connectivity index (χ3v) is 8.70. The molecular weight excluding hydrogens is 318 g/mol. The number of hydrogen-bond donors (Lipinski definition) is 0. The van der Waals surface area contributed by atoms with Gasteiger partial charge in [0.25, 0.3) is 0 Å². The molecule has 1 aromatic rings. The van der Waals surface area contributed by atoms with Gasteiger partial charge >= 0.3 is 5.97 Å². The molecule has 6 heteroatoms. The predicted octanol–water partition coefficient (Wildman–Crippen LogP) is 4.98. The Hall–Kier alpha value is -1.27. The summed E-state index contributed by atoms with van der Waals surface area (Å²) in [4.78, 5) is 11.9. The molecule has 0 aromatic heterocycles. The van der Waals surface area contributed by atoms with Crippen LogP contribution in [0.25, 0.3) is 0 Å². The second-order valence-electron chi connectivity index (χ2n) is 7.05. The molecule has 23 heavy (non-hydrogen) atoms. The lowest BCUT2D eigenvalue weighted by molar-refractivity contribution is -0.145. The van der Waals surface area contributed by atoms with E-state index in [1.165, 1.54) is 6.07 Å². The maximum Gasteiger partial charge on any atom is 0.308 e. The monoisotopic (exact) mass is 344 g/mol. The minimum atomic E-state index is -2.20. The molecule has 0 radical (unpaired) electrons. The van der Waals surface area contributed by atoms with E-state index < -0.39 is 32.0 Å². The Kier molecular flexibility index (Phi) is 6.47. The minimum absolute atomic E-state index is 0.0224. The van der Waals surface area contributed by atoms with Gasteiger partial charge in [-0.1, -0.05) is 26.8 Å². The van der Waals surface area contributed by atoms with E-state index in [0.29, 0.717) is 5.56 Å². The van der Waals surface area contributed by atoms with Crippen LogP contribution >= 0.6 is 0 Å². The standard InChI is InChI=1S/C17H26F2O3Si/c1-7-21-16(20)11-15(22-23(5,6)17(2,3)4)12-8-9-13(18)14(19)10-12/h8-10,15H,7,11H2,1-6H3. The van der Waals surface area contributed by atoms with E-state index >= 15 is 0 Å². The van der Waals surface area contributed by atoms with Gasteiger partial charge < -0.3 is 9.16 Å². The Morgan fingerprint density at radius 2 is 1.83 bits per heavy atom. The zero-order valence-electron chi connectivity index (χ0n) is 14.7. The van der Waals surface area contributed by atoms with Gasteiger partial charge in [0, 0.05) is 0 Å². The van der Waals surface area contributed by atoms with Crippen molar-refractivity contribution in [1.29, 1.82) is 0 Å². The molecule has 0 saturated carbocycles. The minimum Gasteiger partial charge on any atom is -0.466 e. The molecule has 1 atom stereocenters. The van der Waals surface area contributed by atoms with Gasteiger partial charge in [-0.25, -0.2) is 8.78 Å². The smallest absolute Gasteiger partial charge is 0.308 e. The fraction of sp³-hybridized carbons (Fsp3) is 0.588. The van der Waals surface area contributed by atoms with Gasteiger partial charge in [-0.05, 0) is 42.8 Å². The van der Waals surface area contributed by atoms with E-state index in [1.807, 2.05) is 13.1 Å². The molecule has 0 saturated heterocycles. The molecule has 3 nitrogen and oxygen atoms in total. The second-order valence-corrected chi connectivity index (χ2v) is 11.8. The van der Waals surface area contributed by atoms with Crippen LogP contribution in [0.5, 0.6) is 0 Å². The summed E-state index contributed by atoms with van der Waals surface area (Å²) in [6.45, 7) is 12.3. The Morgan fingerprint density at radius 3 is 2.30 bits per heavy atom. The van der Waals surface area contributed by atoms with Crippen LogP contribution < -0.4 is 0 Å². The fourth-order valence-electron chi connectivity index (χ4n) is 1.84. The molecule has 1 aromatic carbocycles. The van der Waals surface area contributed by atoms with Gasteiger partial charge in [-0.3, -0.25) is 4.79 Å². The van der Waals surface area contributed by atoms with Crippen molar-refractivity contribution >= 4 is 14.3 Å². The highest BCUT2D eigenvalue weighted by atomic mass is 28.4. The molecule has 0 amide bonds. The van der Waals surface area contributed by atoms with Crippen molar-refractivity contribution in [3.63, 3.8) is 0 Å². The third-order valence-electron chi connectivity index (χ3n) is 4.22. The number of benzene rings is 1. The summed E-state index contributed by atoms with van der Waals surface area (Å²) in [7, 11) is -2.20. The Morgan fingerprint density at radius 1 is 1.22 bits per heavy atom. The van der Waals surface area contributed by atoms with Gasteiger partial charge in [0.1, 0.15) is 0 Å². The molecule has 0 N–H and O–H groups in total. The molecule has 0 aliphatic rings. The van der Waals surface area contributed by atoms with Crippen LogP contribution in [0.1, 0.15) is 45.8 Å². The lowest BCUT2D eigenvalue weighted by Gasteiger charge is -2.39. The third kappa shape index (κ3) is 5.39. The summed E-state index contributed by atoms with van der Waals surface area (Å²) >= 11 is 0. The molecule has 0 aliphatic heterocycles. The largest absolute Gasteiger partial charge is 0.466 e. The molecule has 0 spiro atoms. The van der Waals surface area contributed by atoms with E-state index in [2.05, 4.69) is 20.8 Å². The lowest BCUT2D eigenvalue weighted by atomic mass is 10.1. The first kappa shape index (κ1) is 19.8. The van der Waals surface area contributed by atoms with Crippen LogP contribution in [0.4, 0.5) is 8.78 Å². The maximum atomic E-state index is 13.6. The van der Waals surface area contributed by atoms with Crippen molar-refractivity contribution in [3.05, 3.63) is 35.4 Å². The number of halogens is 2. The van der Waals surface area contributed by atoms with Crippen LogP contribution in [0, 0.1) is 11.6 Å². The van der Waals surface area contributed by atoms with E-state index in [-0.39, 0.29) is 18.1 Å². The van der Waals surface area contributed by atoms with Gasteiger partial charge in [0.15, 0.2) is 20.0 Å². The Bertz CT molecular complexity index is 553. The summed E-state index contributed by atoms with van der Waals surface area (Å²) in [5, 5.41) is -0.0709. The van der Waals surface area contributed by atoms with Gasteiger partial charge in [0.2, 0.25) is 0 Å². The molecule has 0 bridgehead atoms. The lowest BCUT2D eigenvalue weighted by Crippen LogP contribution is -2.42. The van der Waals surface area contributed by atoms with E-state index in [4.69, 9.17) is 9.16 Å². The normalized spacial score (nSPS) is 13.7. The predicted molar refractivity (Wildman–Crippen MR) is 88.6 cm³/mol. The first-order valence-corrected chi connectivity index (χ1v) is 10.7. The van der Waals surface area contributed by atoms with Crippen LogP contribution in [0.3, 0.4) is 0 Å². The quantitative estimate of drug-likeness (QED) is 0.539. The van der Waals surface area contributed by atoms with Crippen molar-refractivity contribution in [2.75, 3.05) is 6.61 Å². The highest BCUT2D eigenvalue weighted by Gasteiger charge is 2.40. The summed E-state index contributed by atoms with van der Waals surface area (Å²) in [6.07, 6.45) is -0.671. The SMILES string of the molecule is CCOC(=O)CC(O[Si](C)(C)C(C)(C)C)c1ccc(F)c(F)c1. The van der Waals surface area contributed by atoms with E-state index in [1.54, 1.807) is 6.92 Å². The van der Waals surface area contributed by atoms with Gasteiger partial charge in [-0.15, -0.1) is 0 Å². The number of ether oxygens (including phenoxy) is 1. The number of rotatable bonds is 6. The second kappa shape index (κ2) is 7.53. The zero-order chi connectivity index (χ0) is 17.8. The van der Waals surface area contributed by atoms with Crippen LogP contribution in [-0.4, -0.2) is 20.9 Å². The highest BCUT2D eigenvalue weighted by Crippen LogP contribution is 2.40. The van der Waals surface area contributed by atoms with E-state index in [9.17, 15) is 13.6 Å². The summed E-state index contributed by atoms with van der Waals surface area (Å²) in [5.41, 5.74) is 0.446. The van der Waals surface area contributed by atoms with Crippen molar-refractivity contribution in [2.45, 2.75) is 58.4 Å². The molecule has 130 valence electrons. The average Bonchev–Trinajstić information content (AvgIpc) is 2.40. The van der Waals surface area contributed by atoms with Gasteiger partial charge in [0.05, 0.1) is 19.1 Å². The fourth-order valence-corrected chi connectivity index (χ4v) is 3.13. The number of carbonyl (C=O) groups excluding carboxylic acids is 1. The van der Waals surface area contributed by atoms with Crippen LogP contribution in [0.15, 0.2) is 18.2 Å². The van der Waals surface area contributed by atoms with Crippen molar-refractivity contribution in [3.8, 4) is 0 Å². The molecule has 0 fully saturated rings. The first-order chi connectivity index (χ1) is 10.5. The summed E-state index contributed by atoms with van der Waals surface area (Å²) in [6, 6.07) is 3.60. The molecule has 0 heterocycles. The Labute approximate surface area is 138 Å². The molecule has 1 unspecified atom stereocenters. The topological polar surface area (TPSA) is 35.5 Å². The number of carbonyl (C=O) groups is 1. The summed E-state index contributed by atoms with van der Waals surface area (Å²) in [5.74, 6) is -2.29. The molecule has 1 rings (SSSR count). The molecule has 0 aliphatic carbocycles. The van der Waals surface area contributed by atoms with Crippen LogP contribution in [-0.2, 0) is 14.0 Å². The van der Waals surface area contributed by atoms with Crippen molar-refractivity contribution in [2.24, 2.45) is 0 Å². The molecular formula is C17H26F2O3Si. The number of hydrogen-bond acceptors (Lipinski definition) is 3. The number of esters is 1. The maximum absolute atomic E-state index is 13.6. The highest BCUT2D eigenvalue weighted by molar-refractivity contribution is 6.74. The van der Waals surface area contributed by atoms with Crippen LogP contribution in [0.2, 0.25) is 18.1 Å². The summed E-state index contributed by atoms with van der Waals surface area (Å²) < 4.78 is 38.0. The average molecular weight is 344 g/mol.